The Bertz CT molecular complexity index is 473. The van der Waals surface area contributed by atoms with Crippen LogP contribution in [0.2, 0.25) is 0 Å². The molecular formula is C12H20ClN3O2S. The number of nitrogens with zero attached hydrogens (tertiary/aromatic N) is 2. The van der Waals surface area contributed by atoms with E-state index in [2.05, 4.69) is 10.3 Å². The number of piperidine rings is 1. The van der Waals surface area contributed by atoms with Crippen molar-refractivity contribution in [2.24, 2.45) is 0 Å². The van der Waals surface area contributed by atoms with Crippen molar-refractivity contribution in [3.63, 3.8) is 0 Å². The van der Waals surface area contributed by atoms with E-state index in [4.69, 9.17) is 0 Å². The molecule has 1 saturated heterocycles. The average Bonchev–Trinajstić information content (AvgIpc) is 2.39. The summed E-state index contributed by atoms with van der Waals surface area (Å²) in [5, 5.41) is 3.20. The van der Waals surface area contributed by atoms with Crippen LogP contribution in [0.3, 0.4) is 0 Å². The number of aromatic nitrogens is 1. The summed E-state index contributed by atoms with van der Waals surface area (Å²) in [4.78, 5) is 3.89. The van der Waals surface area contributed by atoms with Crippen LogP contribution in [-0.2, 0) is 15.8 Å². The molecule has 1 fully saturated rings. The van der Waals surface area contributed by atoms with Crippen LogP contribution in [0, 0.1) is 0 Å². The zero-order valence-electron chi connectivity index (χ0n) is 10.9. The Kier molecular flexibility index (Phi) is 6.19. The summed E-state index contributed by atoms with van der Waals surface area (Å²) in [6.45, 7) is 1.22. The first kappa shape index (κ1) is 16.4. The molecule has 0 saturated carbocycles. The van der Waals surface area contributed by atoms with Crippen molar-refractivity contribution in [1.29, 1.82) is 0 Å². The van der Waals surface area contributed by atoms with Crippen molar-refractivity contribution in [3.8, 4) is 0 Å². The van der Waals surface area contributed by atoms with Crippen molar-refractivity contribution < 1.29 is 8.42 Å². The Labute approximate surface area is 120 Å². The van der Waals surface area contributed by atoms with Crippen molar-refractivity contribution in [2.45, 2.75) is 24.6 Å². The summed E-state index contributed by atoms with van der Waals surface area (Å²) >= 11 is 0. The highest BCUT2D eigenvalue weighted by Gasteiger charge is 2.27. The highest BCUT2D eigenvalue weighted by Crippen LogP contribution is 2.17. The van der Waals surface area contributed by atoms with E-state index in [1.54, 1.807) is 28.8 Å². The van der Waals surface area contributed by atoms with Gasteiger partial charge in [0.15, 0.2) is 0 Å². The minimum absolute atomic E-state index is 0. The molecule has 1 aliphatic rings. The van der Waals surface area contributed by atoms with E-state index in [0.29, 0.717) is 19.1 Å². The van der Waals surface area contributed by atoms with Crippen molar-refractivity contribution >= 4 is 22.4 Å². The van der Waals surface area contributed by atoms with Crippen LogP contribution in [0.15, 0.2) is 24.5 Å². The van der Waals surface area contributed by atoms with E-state index in [9.17, 15) is 8.42 Å². The van der Waals surface area contributed by atoms with Gasteiger partial charge in [-0.2, -0.15) is 0 Å². The van der Waals surface area contributed by atoms with Gasteiger partial charge in [0.2, 0.25) is 10.0 Å². The standard InChI is InChI=1S/C12H19N3O2S.ClH/c1-13-12-4-8-15(9-5-12)18(16,17)10-11-2-6-14-7-3-11;/h2-3,6-7,12-13H,4-5,8-10H2,1H3;1H. The Hall–Kier alpha value is -0.690. The first-order chi connectivity index (χ1) is 8.62. The van der Waals surface area contributed by atoms with Crippen LogP contribution >= 0.6 is 12.4 Å². The predicted octanol–water partition coefficient (Wildman–Crippen LogP) is 1.02. The molecule has 1 aromatic rings. The number of hydrogen-bond acceptors (Lipinski definition) is 4. The molecule has 108 valence electrons. The summed E-state index contributed by atoms with van der Waals surface area (Å²) in [6.07, 6.45) is 5.01. The SMILES string of the molecule is CNC1CCN(S(=O)(=O)Cc2ccncc2)CC1.Cl. The topological polar surface area (TPSA) is 62.3 Å². The Balaban J connectivity index is 0.00000180. The molecule has 1 N–H and O–H groups in total. The van der Waals surface area contributed by atoms with E-state index in [0.717, 1.165) is 18.4 Å². The normalized spacial score (nSPS) is 17.9. The van der Waals surface area contributed by atoms with Gasteiger partial charge in [-0.3, -0.25) is 4.98 Å². The molecule has 0 amide bonds. The molecule has 0 aliphatic carbocycles. The lowest BCUT2D eigenvalue weighted by molar-refractivity contribution is 0.298. The molecule has 19 heavy (non-hydrogen) atoms. The Morgan fingerprint density at radius 3 is 2.42 bits per heavy atom. The fraction of sp³-hybridized carbons (Fsp3) is 0.583. The fourth-order valence-corrected chi connectivity index (χ4v) is 3.77. The van der Waals surface area contributed by atoms with E-state index in [-0.39, 0.29) is 18.2 Å². The summed E-state index contributed by atoms with van der Waals surface area (Å²) in [5.74, 6) is 0.0692. The second-order valence-corrected chi connectivity index (χ2v) is 6.54. The van der Waals surface area contributed by atoms with Crippen molar-refractivity contribution in [2.75, 3.05) is 20.1 Å². The summed E-state index contributed by atoms with van der Waals surface area (Å²) in [6, 6.07) is 3.94. The molecule has 7 heteroatoms. The maximum absolute atomic E-state index is 12.2. The van der Waals surface area contributed by atoms with Crippen LogP contribution in [0.25, 0.3) is 0 Å². The highest BCUT2D eigenvalue weighted by atomic mass is 35.5. The molecule has 0 spiro atoms. The average molecular weight is 306 g/mol. The molecule has 0 radical (unpaired) electrons. The van der Waals surface area contributed by atoms with E-state index >= 15 is 0 Å². The highest BCUT2D eigenvalue weighted by molar-refractivity contribution is 7.88. The number of hydrogen-bond donors (Lipinski definition) is 1. The Morgan fingerprint density at radius 2 is 1.89 bits per heavy atom. The molecule has 1 aliphatic heterocycles. The van der Waals surface area contributed by atoms with Crippen molar-refractivity contribution in [3.05, 3.63) is 30.1 Å². The second-order valence-electron chi connectivity index (χ2n) is 4.57. The quantitative estimate of drug-likeness (QED) is 0.902. The van der Waals surface area contributed by atoms with Crippen LogP contribution in [-0.4, -0.2) is 43.9 Å². The lowest BCUT2D eigenvalue weighted by Gasteiger charge is -2.31. The maximum Gasteiger partial charge on any atom is 0.218 e. The van der Waals surface area contributed by atoms with Gasteiger partial charge >= 0.3 is 0 Å². The molecule has 2 heterocycles. The number of halogens is 1. The van der Waals surface area contributed by atoms with Gasteiger partial charge in [0, 0.05) is 31.5 Å². The summed E-state index contributed by atoms with van der Waals surface area (Å²) in [7, 11) is -1.27. The fourth-order valence-electron chi connectivity index (χ4n) is 2.20. The summed E-state index contributed by atoms with van der Waals surface area (Å²) < 4.78 is 26.1. The van der Waals surface area contributed by atoms with Gasteiger partial charge in [0.25, 0.3) is 0 Å². The number of nitrogens with one attached hydrogen (secondary N) is 1. The molecule has 0 aromatic carbocycles. The minimum atomic E-state index is -3.19. The molecule has 0 atom stereocenters. The Morgan fingerprint density at radius 1 is 1.32 bits per heavy atom. The largest absolute Gasteiger partial charge is 0.317 e. The molecular weight excluding hydrogens is 286 g/mol. The van der Waals surface area contributed by atoms with E-state index < -0.39 is 10.0 Å². The third-order valence-electron chi connectivity index (χ3n) is 3.35. The van der Waals surface area contributed by atoms with Gasteiger partial charge in [0.05, 0.1) is 5.75 Å². The van der Waals surface area contributed by atoms with Gasteiger partial charge in [0.1, 0.15) is 0 Å². The minimum Gasteiger partial charge on any atom is -0.317 e. The van der Waals surface area contributed by atoms with E-state index in [1.165, 1.54) is 0 Å². The van der Waals surface area contributed by atoms with Crippen LogP contribution < -0.4 is 5.32 Å². The smallest absolute Gasteiger partial charge is 0.218 e. The molecule has 0 unspecified atom stereocenters. The van der Waals surface area contributed by atoms with Gasteiger partial charge in [-0.15, -0.1) is 12.4 Å². The zero-order chi connectivity index (χ0) is 13.0. The van der Waals surface area contributed by atoms with Crippen LogP contribution in [0.1, 0.15) is 18.4 Å². The monoisotopic (exact) mass is 305 g/mol. The van der Waals surface area contributed by atoms with Crippen LogP contribution in [0.4, 0.5) is 0 Å². The molecule has 0 bridgehead atoms. The van der Waals surface area contributed by atoms with Gasteiger partial charge in [-0.1, -0.05) is 0 Å². The van der Waals surface area contributed by atoms with Gasteiger partial charge in [-0.05, 0) is 37.6 Å². The lowest BCUT2D eigenvalue weighted by Crippen LogP contribution is -2.44. The number of sulfonamides is 1. The molecule has 2 rings (SSSR count). The molecule has 1 aromatic heterocycles. The lowest BCUT2D eigenvalue weighted by atomic mass is 10.1. The van der Waals surface area contributed by atoms with Gasteiger partial charge in [-0.25, -0.2) is 12.7 Å². The van der Waals surface area contributed by atoms with Crippen molar-refractivity contribution in [1.82, 2.24) is 14.6 Å². The third-order valence-corrected chi connectivity index (χ3v) is 5.20. The number of rotatable bonds is 4. The van der Waals surface area contributed by atoms with Gasteiger partial charge < -0.3 is 5.32 Å². The van der Waals surface area contributed by atoms with E-state index in [1.807, 2.05) is 7.05 Å². The second kappa shape index (κ2) is 7.19. The first-order valence-corrected chi connectivity index (χ1v) is 7.77. The predicted molar refractivity (Wildman–Crippen MR) is 77.8 cm³/mol. The van der Waals surface area contributed by atoms with Crippen LogP contribution in [0.5, 0.6) is 0 Å². The zero-order valence-corrected chi connectivity index (χ0v) is 12.6. The third kappa shape index (κ3) is 4.42. The number of pyridine rings is 1. The summed E-state index contributed by atoms with van der Waals surface area (Å²) in [5.41, 5.74) is 0.792. The molecule has 5 nitrogen and oxygen atoms in total. The maximum atomic E-state index is 12.2. The first-order valence-electron chi connectivity index (χ1n) is 6.16.